The molecule has 1 saturated carbocycles. The van der Waals surface area contributed by atoms with Crippen LogP contribution in [0.25, 0.3) is 5.69 Å². The lowest BCUT2D eigenvalue weighted by atomic mass is 9.79. The van der Waals surface area contributed by atoms with Crippen LogP contribution in [0.2, 0.25) is 5.02 Å². The van der Waals surface area contributed by atoms with Crippen LogP contribution in [0.1, 0.15) is 55.5 Å². The molecule has 6 nitrogen and oxygen atoms in total. The molecule has 1 amide bonds. The Bertz CT molecular complexity index is 846. The quantitative estimate of drug-likeness (QED) is 0.841. The number of hydrogen-bond acceptors (Lipinski definition) is 4. The first-order chi connectivity index (χ1) is 12.4. The highest BCUT2D eigenvalue weighted by atomic mass is 35.5. The van der Waals surface area contributed by atoms with E-state index in [1.165, 1.54) is 0 Å². The standard InChI is InChI=1S/C19H24ClN5O.ClH/c1-19(2)11-24(10-9-15(19)21)18(26)16-22-17(12-7-8-12)25(23-16)14-6-4-3-5-13(14)20;/h3-6,12,15H,7-11,21H2,1-2H3;1H. The number of likely N-dealkylation sites (tertiary alicyclic amines) is 1. The summed E-state index contributed by atoms with van der Waals surface area (Å²) >= 11 is 6.35. The van der Waals surface area contributed by atoms with E-state index >= 15 is 0 Å². The van der Waals surface area contributed by atoms with Crippen molar-refractivity contribution >= 4 is 29.9 Å². The van der Waals surface area contributed by atoms with Crippen LogP contribution < -0.4 is 5.73 Å². The van der Waals surface area contributed by atoms with Crippen molar-refractivity contribution in [2.45, 2.75) is 45.1 Å². The van der Waals surface area contributed by atoms with E-state index < -0.39 is 0 Å². The molecule has 1 atom stereocenters. The van der Waals surface area contributed by atoms with E-state index in [0.29, 0.717) is 24.0 Å². The molecule has 0 spiro atoms. The Morgan fingerprint density at radius 1 is 1.26 bits per heavy atom. The van der Waals surface area contributed by atoms with Gasteiger partial charge < -0.3 is 10.6 Å². The molecular weight excluding hydrogens is 385 g/mol. The summed E-state index contributed by atoms with van der Waals surface area (Å²) in [4.78, 5) is 19.5. The number of carbonyl (C=O) groups excluding carboxylic acids is 1. The van der Waals surface area contributed by atoms with Gasteiger partial charge in [0.05, 0.1) is 10.7 Å². The molecule has 0 bridgehead atoms. The molecule has 8 heteroatoms. The molecule has 2 aromatic rings. The Labute approximate surface area is 170 Å². The summed E-state index contributed by atoms with van der Waals surface area (Å²) in [5.41, 5.74) is 6.85. The maximum atomic E-state index is 13.0. The predicted molar refractivity (Wildman–Crippen MR) is 108 cm³/mol. The summed E-state index contributed by atoms with van der Waals surface area (Å²) in [5.74, 6) is 1.30. The average Bonchev–Trinajstić information content (AvgIpc) is 3.36. The number of para-hydroxylation sites is 1. The highest BCUT2D eigenvalue weighted by Crippen LogP contribution is 2.40. The van der Waals surface area contributed by atoms with E-state index in [-0.39, 0.29) is 35.6 Å². The maximum absolute atomic E-state index is 13.0. The zero-order chi connectivity index (χ0) is 18.5. The lowest BCUT2D eigenvalue weighted by Crippen LogP contribution is -2.54. The molecule has 2 heterocycles. The van der Waals surface area contributed by atoms with Crippen molar-refractivity contribution in [1.82, 2.24) is 19.7 Å². The number of nitrogens with two attached hydrogens (primary N) is 1. The normalized spacial score (nSPS) is 21.6. The highest BCUT2D eigenvalue weighted by Gasteiger charge is 2.38. The fraction of sp³-hybridized carbons (Fsp3) is 0.526. The van der Waals surface area contributed by atoms with Crippen molar-refractivity contribution in [1.29, 1.82) is 0 Å². The van der Waals surface area contributed by atoms with E-state index in [0.717, 1.165) is 30.8 Å². The van der Waals surface area contributed by atoms with Gasteiger partial charge in [0.15, 0.2) is 0 Å². The summed E-state index contributed by atoms with van der Waals surface area (Å²) in [5, 5.41) is 5.14. The van der Waals surface area contributed by atoms with Gasteiger partial charge in [-0.3, -0.25) is 4.79 Å². The van der Waals surface area contributed by atoms with Gasteiger partial charge in [-0.2, -0.15) is 0 Å². The molecule has 2 N–H and O–H groups in total. The van der Waals surface area contributed by atoms with Gasteiger partial charge >= 0.3 is 0 Å². The maximum Gasteiger partial charge on any atom is 0.293 e. The number of aromatic nitrogens is 3. The molecule has 4 rings (SSSR count). The zero-order valence-electron chi connectivity index (χ0n) is 15.6. The van der Waals surface area contributed by atoms with Crippen molar-refractivity contribution in [3.05, 3.63) is 40.9 Å². The summed E-state index contributed by atoms with van der Waals surface area (Å²) in [6.07, 6.45) is 2.93. The number of hydrogen-bond donors (Lipinski definition) is 1. The summed E-state index contributed by atoms with van der Waals surface area (Å²) < 4.78 is 1.74. The monoisotopic (exact) mass is 409 g/mol. The zero-order valence-corrected chi connectivity index (χ0v) is 17.1. The molecule has 27 heavy (non-hydrogen) atoms. The number of nitrogens with zero attached hydrogens (tertiary/aromatic N) is 4. The van der Waals surface area contributed by atoms with Crippen LogP contribution in [0.15, 0.2) is 24.3 Å². The van der Waals surface area contributed by atoms with Gasteiger partial charge in [0.2, 0.25) is 5.82 Å². The number of carbonyl (C=O) groups is 1. The number of halogens is 2. The van der Waals surface area contributed by atoms with Crippen LogP contribution in [0, 0.1) is 5.41 Å². The molecule has 1 aromatic carbocycles. The molecule has 1 aliphatic heterocycles. The van der Waals surface area contributed by atoms with Gasteiger partial charge in [0, 0.05) is 25.0 Å². The number of benzene rings is 1. The van der Waals surface area contributed by atoms with Crippen molar-refractivity contribution in [2.24, 2.45) is 11.1 Å². The van der Waals surface area contributed by atoms with Crippen molar-refractivity contribution in [3.8, 4) is 5.69 Å². The second kappa shape index (κ2) is 7.41. The minimum absolute atomic E-state index is 0. The van der Waals surface area contributed by atoms with Crippen molar-refractivity contribution in [3.63, 3.8) is 0 Å². The second-order valence-electron chi connectivity index (χ2n) is 8.04. The molecule has 2 aliphatic rings. The molecule has 1 aromatic heterocycles. The molecule has 1 unspecified atom stereocenters. The number of amides is 1. The third kappa shape index (κ3) is 3.84. The third-order valence-electron chi connectivity index (χ3n) is 5.45. The largest absolute Gasteiger partial charge is 0.335 e. The van der Waals surface area contributed by atoms with Gasteiger partial charge in [-0.25, -0.2) is 9.67 Å². The first-order valence-corrected chi connectivity index (χ1v) is 9.51. The van der Waals surface area contributed by atoms with Crippen LogP contribution in [0.5, 0.6) is 0 Å². The Morgan fingerprint density at radius 2 is 1.96 bits per heavy atom. The molecule has 1 aliphatic carbocycles. The van der Waals surface area contributed by atoms with Crippen LogP contribution in [-0.4, -0.2) is 44.7 Å². The Balaban J connectivity index is 0.00000210. The van der Waals surface area contributed by atoms with Gasteiger partial charge in [-0.05, 0) is 36.8 Å². The first kappa shape index (κ1) is 20.1. The van der Waals surface area contributed by atoms with Gasteiger partial charge in [0.25, 0.3) is 5.91 Å². The fourth-order valence-corrected chi connectivity index (χ4v) is 3.73. The topological polar surface area (TPSA) is 77.0 Å². The smallest absolute Gasteiger partial charge is 0.293 e. The molecule has 1 saturated heterocycles. The third-order valence-corrected chi connectivity index (χ3v) is 5.77. The van der Waals surface area contributed by atoms with Crippen LogP contribution in [0.4, 0.5) is 0 Å². The SMILES string of the molecule is CC1(C)CN(C(=O)c2nc(C3CC3)n(-c3ccccc3Cl)n2)CCC1N.Cl. The van der Waals surface area contributed by atoms with Crippen LogP contribution in [0.3, 0.4) is 0 Å². The first-order valence-electron chi connectivity index (χ1n) is 9.13. The molecule has 0 radical (unpaired) electrons. The van der Waals surface area contributed by atoms with Crippen molar-refractivity contribution in [2.75, 3.05) is 13.1 Å². The number of rotatable bonds is 3. The fourth-order valence-electron chi connectivity index (χ4n) is 3.51. The van der Waals surface area contributed by atoms with E-state index in [4.69, 9.17) is 17.3 Å². The van der Waals surface area contributed by atoms with E-state index in [2.05, 4.69) is 23.9 Å². The second-order valence-corrected chi connectivity index (χ2v) is 8.45. The predicted octanol–water partition coefficient (Wildman–Crippen LogP) is 3.42. The van der Waals surface area contributed by atoms with Crippen molar-refractivity contribution < 1.29 is 4.79 Å². The minimum Gasteiger partial charge on any atom is -0.335 e. The van der Waals surface area contributed by atoms with Gasteiger partial charge in [0.1, 0.15) is 5.82 Å². The summed E-state index contributed by atoms with van der Waals surface area (Å²) in [7, 11) is 0. The number of piperidine rings is 1. The Hall–Kier alpha value is -1.63. The summed E-state index contributed by atoms with van der Waals surface area (Å²) in [6, 6.07) is 7.62. The van der Waals surface area contributed by atoms with E-state index in [1.807, 2.05) is 29.2 Å². The Morgan fingerprint density at radius 3 is 2.59 bits per heavy atom. The van der Waals surface area contributed by atoms with E-state index in [9.17, 15) is 4.79 Å². The molecule has 2 fully saturated rings. The van der Waals surface area contributed by atoms with Crippen LogP contribution in [-0.2, 0) is 0 Å². The lowest BCUT2D eigenvalue weighted by Gasteiger charge is -2.42. The van der Waals surface area contributed by atoms with Gasteiger partial charge in [-0.1, -0.05) is 37.6 Å². The minimum atomic E-state index is -0.127. The van der Waals surface area contributed by atoms with Gasteiger partial charge in [-0.15, -0.1) is 17.5 Å². The van der Waals surface area contributed by atoms with E-state index in [1.54, 1.807) is 4.68 Å². The summed E-state index contributed by atoms with van der Waals surface area (Å²) in [6.45, 7) is 5.46. The average molecular weight is 410 g/mol. The highest BCUT2D eigenvalue weighted by molar-refractivity contribution is 6.32. The van der Waals surface area contributed by atoms with Crippen LogP contribution >= 0.6 is 24.0 Å². The molecular formula is C19H25Cl2N5O. The Kier molecular flexibility index (Phi) is 5.52. The molecule has 146 valence electrons. The lowest BCUT2D eigenvalue weighted by molar-refractivity contribution is 0.0521.